The van der Waals surface area contributed by atoms with E-state index in [4.69, 9.17) is 0 Å². The third kappa shape index (κ3) is 4.94. The molecule has 1 N–H and O–H groups in total. The first-order valence-corrected chi connectivity index (χ1v) is 8.35. The van der Waals surface area contributed by atoms with Crippen LogP contribution in [0.1, 0.15) is 45.4 Å². The number of hydrogen-bond donors (Lipinski definition) is 1. The van der Waals surface area contributed by atoms with E-state index in [-0.39, 0.29) is 11.8 Å². The highest BCUT2D eigenvalue weighted by atomic mass is 32.2. The summed E-state index contributed by atoms with van der Waals surface area (Å²) < 4.78 is 25.8. The molecule has 1 aliphatic rings. The molecule has 0 bridgehead atoms. The van der Waals surface area contributed by atoms with Gasteiger partial charge in [0, 0.05) is 13.1 Å². The Kier molecular flexibility index (Phi) is 6.44. The molecule has 5 heteroatoms. The maximum Gasteiger partial charge on any atom is 0.214 e. The predicted molar refractivity (Wildman–Crippen MR) is 71.6 cm³/mol. The Hall–Kier alpha value is -0.130. The lowest BCUT2D eigenvalue weighted by Gasteiger charge is -2.30. The van der Waals surface area contributed by atoms with Crippen molar-refractivity contribution in [1.82, 2.24) is 9.62 Å². The molecule has 0 unspecified atom stereocenters. The van der Waals surface area contributed by atoms with Crippen molar-refractivity contribution < 1.29 is 8.42 Å². The molecular formula is C12H26N2O2S. The molecule has 1 rings (SSSR count). The molecule has 0 amide bonds. The Morgan fingerprint density at radius 3 is 2.47 bits per heavy atom. The second-order valence-corrected chi connectivity index (χ2v) is 6.98. The van der Waals surface area contributed by atoms with Crippen LogP contribution in [0, 0.1) is 0 Å². The molecule has 0 aromatic carbocycles. The molecule has 17 heavy (non-hydrogen) atoms. The number of rotatable bonds is 7. The molecule has 0 radical (unpaired) electrons. The summed E-state index contributed by atoms with van der Waals surface area (Å²) in [7, 11) is -1.30. The first-order chi connectivity index (χ1) is 8.08. The maximum absolute atomic E-state index is 12.1. The lowest BCUT2D eigenvalue weighted by molar-refractivity contribution is 0.285. The molecule has 1 aliphatic carbocycles. The van der Waals surface area contributed by atoms with Gasteiger partial charge in [-0.3, -0.25) is 0 Å². The van der Waals surface area contributed by atoms with Gasteiger partial charge >= 0.3 is 0 Å². The Labute approximate surface area is 106 Å². The molecule has 102 valence electrons. The molecule has 0 aromatic heterocycles. The fraction of sp³-hybridized carbons (Fsp3) is 1.00. The van der Waals surface area contributed by atoms with Gasteiger partial charge < -0.3 is 5.32 Å². The van der Waals surface area contributed by atoms with Crippen molar-refractivity contribution in [2.24, 2.45) is 0 Å². The minimum atomic E-state index is -3.05. The summed E-state index contributed by atoms with van der Waals surface area (Å²) in [5.74, 6) is 0.271. The summed E-state index contributed by atoms with van der Waals surface area (Å²) in [4.78, 5) is 0. The molecule has 0 heterocycles. The van der Waals surface area contributed by atoms with Gasteiger partial charge in [0.15, 0.2) is 0 Å². The van der Waals surface area contributed by atoms with Gasteiger partial charge in [0.2, 0.25) is 10.0 Å². The van der Waals surface area contributed by atoms with Crippen LogP contribution in [0.4, 0.5) is 0 Å². The molecule has 0 aliphatic heterocycles. The topological polar surface area (TPSA) is 49.4 Å². The van der Waals surface area contributed by atoms with E-state index in [0.717, 1.165) is 25.9 Å². The largest absolute Gasteiger partial charge is 0.317 e. The fourth-order valence-corrected chi connectivity index (χ4v) is 3.83. The maximum atomic E-state index is 12.1. The Bertz CT molecular complexity index is 298. The van der Waals surface area contributed by atoms with E-state index >= 15 is 0 Å². The van der Waals surface area contributed by atoms with Crippen molar-refractivity contribution >= 4 is 10.0 Å². The molecule has 4 nitrogen and oxygen atoms in total. The highest BCUT2D eigenvalue weighted by Crippen LogP contribution is 2.23. The van der Waals surface area contributed by atoms with Crippen LogP contribution in [0.2, 0.25) is 0 Å². The van der Waals surface area contributed by atoms with Gasteiger partial charge in [0.1, 0.15) is 0 Å². The van der Waals surface area contributed by atoms with Crippen molar-refractivity contribution in [3.63, 3.8) is 0 Å². The molecule has 0 spiro atoms. The quantitative estimate of drug-likeness (QED) is 0.709. The first kappa shape index (κ1) is 14.9. The van der Waals surface area contributed by atoms with E-state index in [1.54, 1.807) is 11.4 Å². The molecule has 1 fully saturated rings. The molecular weight excluding hydrogens is 236 g/mol. The number of nitrogens with one attached hydrogen (secondary N) is 1. The smallest absolute Gasteiger partial charge is 0.214 e. The number of hydrogen-bond acceptors (Lipinski definition) is 3. The number of nitrogens with zero attached hydrogens (tertiary/aromatic N) is 1. The normalized spacial score (nSPS) is 18.8. The summed E-state index contributed by atoms with van der Waals surface area (Å²) in [6.45, 7) is 3.72. The van der Waals surface area contributed by atoms with Crippen LogP contribution in [0.25, 0.3) is 0 Å². The summed E-state index contributed by atoms with van der Waals surface area (Å²) in [5.41, 5.74) is 0. The standard InChI is InChI=1S/C12H26N2O2S/c1-3-13-10-7-11-17(15,16)14(2)12-8-5-4-6-9-12/h12-13H,3-11H2,1-2H3. The van der Waals surface area contributed by atoms with Gasteiger partial charge in [0.05, 0.1) is 5.75 Å². The van der Waals surface area contributed by atoms with Crippen molar-refractivity contribution in [3.8, 4) is 0 Å². The zero-order chi connectivity index (χ0) is 12.7. The Morgan fingerprint density at radius 1 is 1.24 bits per heavy atom. The second kappa shape index (κ2) is 7.34. The lowest BCUT2D eigenvalue weighted by Crippen LogP contribution is -2.40. The summed E-state index contributed by atoms with van der Waals surface area (Å²) in [6, 6.07) is 0.243. The van der Waals surface area contributed by atoms with Crippen LogP contribution in [0.3, 0.4) is 0 Å². The minimum absolute atomic E-state index is 0.243. The zero-order valence-corrected chi connectivity index (χ0v) is 11.9. The van der Waals surface area contributed by atoms with E-state index in [9.17, 15) is 8.42 Å². The van der Waals surface area contributed by atoms with Gasteiger partial charge in [0.25, 0.3) is 0 Å². The van der Waals surface area contributed by atoms with Crippen molar-refractivity contribution in [3.05, 3.63) is 0 Å². The van der Waals surface area contributed by atoms with Crippen LogP contribution in [0.5, 0.6) is 0 Å². The average Bonchev–Trinajstić information content (AvgIpc) is 2.35. The van der Waals surface area contributed by atoms with E-state index in [1.807, 2.05) is 6.92 Å². The van der Waals surface area contributed by atoms with Gasteiger partial charge in [-0.1, -0.05) is 26.2 Å². The highest BCUT2D eigenvalue weighted by Gasteiger charge is 2.26. The monoisotopic (exact) mass is 262 g/mol. The van der Waals surface area contributed by atoms with E-state index in [0.29, 0.717) is 6.42 Å². The van der Waals surface area contributed by atoms with E-state index in [1.165, 1.54) is 19.3 Å². The zero-order valence-electron chi connectivity index (χ0n) is 11.1. The third-order valence-electron chi connectivity index (χ3n) is 3.53. The predicted octanol–water partition coefficient (Wildman–Crippen LogP) is 1.58. The molecule has 0 saturated heterocycles. The molecule has 0 atom stereocenters. The van der Waals surface area contributed by atoms with Gasteiger partial charge in [-0.25, -0.2) is 12.7 Å². The van der Waals surface area contributed by atoms with E-state index in [2.05, 4.69) is 5.32 Å². The summed E-state index contributed by atoms with van der Waals surface area (Å²) in [6.07, 6.45) is 6.35. The summed E-state index contributed by atoms with van der Waals surface area (Å²) in [5, 5.41) is 3.16. The molecule has 0 aromatic rings. The van der Waals surface area contributed by atoms with Crippen molar-refractivity contribution in [2.75, 3.05) is 25.9 Å². The van der Waals surface area contributed by atoms with Crippen LogP contribution in [-0.4, -0.2) is 44.7 Å². The van der Waals surface area contributed by atoms with Crippen LogP contribution < -0.4 is 5.32 Å². The van der Waals surface area contributed by atoms with Crippen molar-refractivity contribution in [2.45, 2.75) is 51.5 Å². The summed E-state index contributed by atoms with van der Waals surface area (Å²) >= 11 is 0. The fourth-order valence-electron chi connectivity index (χ4n) is 2.37. The van der Waals surface area contributed by atoms with Crippen LogP contribution in [0.15, 0.2) is 0 Å². The first-order valence-electron chi connectivity index (χ1n) is 6.74. The Morgan fingerprint density at radius 2 is 1.88 bits per heavy atom. The van der Waals surface area contributed by atoms with Gasteiger partial charge in [-0.05, 0) is 32.4 Å². The van der Waals surface area contributed by atoms with Crippen LogP contribution >= 0.6 is 0 Å². The lowest BCUT2D eigenvalue weighted by atomic mass is 9.96. The third-order valence-corrected chi connectivity index (χ3v) is 5.51. The van der Waals surface area contributed by atoms with Gasteiger partial charge in [-0.2, -0.15) is 0 Å². The highest BCUT2D eigenvalue weighted by molar-refractivity contribution is 7.89. The molecule has 1 saturated carbocycles. The SMILES string of the molecule is CCNCCCS(=O)(=O)N(C)C1CCCCC1. The number of sulfonamides is 1. The average molecular weight is 262 g/mol. The van der Waals surface area contributed by atoms with Crippen LogP contribution in [-0.2, 0) is 10.0 Å². The minimum Gasteiger partial charge on any atom is -0.317 e. The van der Waals surface area contributed by atoms with Gasteiger partial charge in [-0.15, -0.1) is 0 Å². The van der Waals surface area contributed by atoms with Crippen molar-refractivity contribution in [1.29, 1.82) is 0 Å². The van der Waals surface area contributed by atoms with E-state index < -0.39 is 10.0 Å². The second-order valence-electron chi connectivity index (χ2n) is 4.83. The Balaban J connectivity index is 2.39.